The number of aromatic nitrogens is 2. The molecule has 4 rings (SSSR count). The Morgan fingerprint density at radius 2 is 1.96 bits per heavy atom. The molecule has 0 aliphatic heterocycles. The molecule has 1 amide bonds. The van der Waals surface area contributed by atoms with E-state index in [-0.39, 0.29) is 16.9 Å². The molecule has 0 atom stereocenters. The summed E-state index contributed by atoms with van der Waals surface area (Å²) >= 11 is 1.57. The van der Waals surface area contributed by atoms with Crippen molar-refractivity contribution in [3.63, 3.8) is 0 Å². The van der Waals surface area contributed by atoms with Crippen LogP contribution in [0.5, 0.6) is 5.75 Å². The lowest BCUT2D eigenvalue weighted by atomic mass is 9.97. The van der Waals surface area contributed by atoms with Gasteiger partial charge in [0.05, 0.1) is 10.9 Å². The molecule has 8 heteroatoms. The third-order valence-corrected chi connectivity index (χ3v) is 5.94. The maximum absolute atomic E-state index is 13.1. The Morgan fingerprint density at radius 3 is 2.75 bits per heavy atom. The summed E-state index contributed by atoms with van der Waals surface area (Å²) in [7, 11) is 0. The first-order valence-electron chi connectivity index (χ1n) is 9.08. The third kappa shape index (κ3) is 3.20. The number of nitrogens with one attached hydrogen (secondary N) is 1. The molecule has 0 fully saturated rings. The summed E-state index contributed by atoms with van der Waals surface area (Å²) < 4.78 is 6.27. The van der Waals surface area contributed by atoms with Gasteiger partial charge in [-0.15, -0.1) is 11.3 Å². The number of rotatable bonds is 3. The Hall–Kier alpha value is -3.00. The van der Waals surface area contributed by atoms with Crippen molar-refractivity contribution in [2.45, 2.75) is 39.5 Å². The van der Waals surface area contributed by atoms with Gasteiger partial charge in [0.25, 0.3) is 11.5 Å². The fourth-order valence-corrected chi connectivity index (χ4v) is 4.80. The van der Waals surface area contributed by atoms with E-state index >= 15 is 0 Å². The first-order chi connectivity index (χ1) is 13.5. The molecule has 0 saturated carbocycles. The molecule has 28 heavy (non-hydrogen) atoms. The molecule has 0 spiro atoms. The van der Waals surface area contributed by atoms with Crippen molar-refractivity contribution in [1.82, 2.24) is 9.66 Å². The summed E-state index contributed by atoms with van der Waals surface area (Å²) in [5, 5.41) is 0.596. The van der Waals surface area contributed by atoms with Crippen molar-refractivity contribution in [2.24, 2.45) is 0 Å². The quantitative estimate of drug-likeness (QED) is 0.542. The fourth-order valence-electron chi connectivity index (χ4n) is 3.50. The molecule has 1 N–H and O–H groups in total. The van der Waals surface area contributed by atoms with Gasteiger partial charge < -0.3 is 4.74 Å². The molecule has 3 aromatic rings. The number of hydrogen-bond donors (Lipinski definition) is 1. The van der Waals surface area contributed by atoms with E-state index < -0.39 is 11.9 Å². The van der Waals surface area contributed by atoms with Gasteiger partial charge in [-0.3, -0.25) is 19.8 Å². The standard InChI is InChI=1S/C20H19N3O4S/c1-11-21-19-17(14-8-4-6-10-16(14)28-19)20(26)23(11)22-18(25)13-7-3-5-9-15(13)27-12(2)24/h3,5,7,9H,4,6,8,10H2,1-2H3,(H,22,25). The molecule has 0 saturated heterocycles. The summed E-state index contributed by atoms with van der Waals surface area (Å²) in [6, 6.07) is 6.39. The molecule has 0 bridgehead atoms. The SMILES string of the molecule is CC(=O)Oc1ccccc1C(=O)Nn1c(C)nc2sc3c(c2c1=O)CCCC3. The largest absolute Gasteiger partial charge is 0.426 e. The van der Waals surface area contributed by atoms with Gasteiger partial charge in [0.1, 0.15) is 16.4 Å². The van der Waals surface area contributed by atoms with Crippen LogP contribution < -0.4 is 15.7 Å². The lowest BCUT2D eigenvalue weighted by Gasteiger charge is -2.14. The zero-order valence-corrected chi connectivity index (χ0v) is 16.4. The smallest absolute Gasteiger partial charge is 0.308 e. The van der Waals surface area contributed by atoms with Crippen LogP contribution in [0.15, 0.2) is 29.1 Å². The van der Waals surface area contributed by atoms with Crippen LogP contribution in [0.1, 0.15) is 46.4 Å². The maximum Gasteiger partial charge on any atom is 0.308 e. The van der Waals surface area contributed by atoms with Crippen molar-refractivity contribution < 1.29 is 14.3 Å². The minimum atomic E-state index is -0.549. The average Bonchev–Trinajstić information content (AvgIpc) is 3.03. The predicted molar refractivity (Wildman–Crippen MR) is 107 cm³/mol. The number of para-hydroxylation sites is 1. The van der Waals surface area contributed by atoms with Crippen LogP contribution in [-0.2, 0) is 17.6 Å². The number of hydrogen-bond acceptors (Lipinski definition) is 6. The van der Waals surface area contributed by atoms with Gasteiger partial charge in [0, 0.05) is 11.8 Å². The van der Waals surface area contributed by atoms with Crippen molar-refractivity contribution in [3.8, 4) is 5.75 Å². The second-order valence-electron chi connectivity index (χ2n) is 6.72. The predicted octanol–water partition coefficient (Wildman–Crippen LogP) is 2.95. The van der Waals surface area contributed by atoms with Gasteiger partial charge >= 0.3 is 5.97 Å². The topological polar surface area (TPSA) is 90.3 Å². The van der Waals surface area contributed by atoms with E-state index in [1.54, 1.807) is 30.4 Å². The van der Waals surface area contributed by atoms with E-state index in [1.165, 1.54) is 28.6 Å². The molecule has 1 aliphatic rings. The molecule has 2 heterocycles. The number of thiophene rings is 1. The van der Waals surface area contributed by atoms with Crippen LogP contribution in [0.2, 0.25) is 0 Å². The second kappa shape index (κ2) is 7.20. The monoisotopic (exact) mass is 397 g/mol. The van der Waals surface area contributed by atoms with Crippen molar-refractivity contribution in [1.29, 1.82) is 0 Å². The lowest BCUT2D eigenvalue weighted by molar-refractivity contribution is -0.131. The summed E-state index contributed by atoms with van der Waals surface area (Å²) in [5.41, 5.74) is 3.56. The maximum atomic E-state index is 13.1. The molecule has 144 valence electrons. The number of aryl methyl sites for hydroxylation is 3. The lowest BCUT2D eigenvalue weighted by Crippen LogP contribution is -2.35. The first-order valence-corrected chi connectivity index (χ1v) is 9.90. The van der Waals surface area contributed by atoms with E-state index in [9.17, 15) is 14.4 Å². The van der Waals surface area contributed by atoms with Gasteiger partial charge in [0.15, 0.2) is 0 Å². The Bertz CT molecular complexity index is 1160. The minimum Gasteiger partial charge on any atom is -0.426 e. The van der Waals surface area contributed by atoms with Crippen LogP contribution in [0.3, 0.4) is 0 Å². The molecule has 0 unspecified atom stereocenters. The molecular formula is C20H19N3O4S. The normalized spacial score (nSPS) is 13.2. The van der Waals surface area contributed by atoms with Gasteiger partial charge in [-0.1, -0.05) is 12.1 Å². The van der Waals surface area contributed by atoms with Crippen molar-refractivity contribution in [2.75, 3.05) is 5.43 Å². The average molecular weight is 397 g/mol. The Balaban J connectivity index is 1.75. The summed E-state index contributed by atoms with van der Waals surface area (Å²) in [5.74, 6) is -0.538. The molecule has 1 aromatic carbocycles. The van der Waals surface area contributed by atoms with Crippen molar-refractivity contribution in [3.05, 3.63) is 56.4 Å². The number of carbonyl (C=O) groups is 2. The molecule has 1 aliphatic carbocycles. The van der Waals surface area contributed by atoms with Crippen LogP contribution in [0, 0.1) is 6.92 Å². The molecular weight excluding hydrogens is 378 g/mol. The number of carbonyl (C=O) groups excluding carboxylic acids is 2. The zero-order valence-electron chi connectivity index (χ0n) is 15.6. The number of fused-ring (bicyclic) bond motifs is 3. The Labute approximate surface area is 164 Å². The van der Waals surface area contributed by atoms with E-state index in [0.717, 1.165) is 36.1 Å². The molecule has 7 nitrogen and oxygen atoms in total. The summed E-state index contributed by atoms with van der Waals surface area (Å²) in [6.45, 7) is 2.94. The van der Waals surface area contributed by atoms with E-state index in [1.807, 2.05) is 0 Å². The van der Waals surface area contributed by atoms with Crippen LogP contribution in [0.25, 0.3) is 10.2 Å². The summed E-state index contributed by atoms with van der Waals surface area (Å²) in [4.78, 5) is 43.7. The van der Waals surface area contributed by atoms with Crippen LogP contribution in [0.4, 0.5) is 0 Å². The molecule has 2 aromatic heterocycles. The van der Waals surface area contributed by atoms with E-state index in [0.29, 0.717) is 11.2 Å². The number of esters is 1. The number of benzene rings is 1. The highest BCUT2D eigenvalue weighted by atomic mass is 32.1. The van der Waals surface area contributed by atoms with Gasteiger partial charge in [-0.05, 0) is 50.3 Å². The van der Waals surface area contributed by atoms with Crippen LogP contribution >= 0.6 is 11.3 Å². The fraction of sp³-hybridized carbons (Fsp3) is 0.300. The number of ether oxygens (including phenoxy) is 1. The van der Waals surface area contributed by atoms with E-state index in [4.69, 9.17) is 4.74 Å². The van der Waals surface area contributed by atoms with Gasteiger partial charge in [-0.25, -0.2) is 9.66 Å². The van der Waals surface area contributed by atoms with E-state index in [2.05, 4.69) is 10.4 Å². The van der Waals surface area contributed by atoms with Gasteiger partial charge in [0.2, 0.25) is 0 Å². The highest BCUT2D eigenvalue weighted by Crippen LogP contribution is 2.33. The first kappa shape index (κ1) is 18.4. The third-order valence-electron chi connectivity index (χ3n) is 4.76. The molecule has 0 radical (unpaired) electrons. The zero-order chi connectivity index (χ0) is 19.8. The summed E-state index contributed by atoms with van der Waals surface area (Å²) in [6.07, 6.45) is 4.00. The number of nitrogens with zero attached hydrogens (tertiary/aromatic N) is 2. The van der Waals surface area contributed by atoms with Crippen molar-refractivity contribution >= 4 is 33.4 Å². The minimum absolute atomic E-state index is 0.139. The highest BCUT2D eigenvalue weighted by molar-refractivity contribution is 7.18. The highest BCUT2D eigenvalue weighted by Gasteiger charge is 2.22. The van der Waals surface area contributed by atoms with Gasteiger partial charge in [-0.2, -0.15) is 0 Å². The number of amides is 1. The Morgan fingerprint density at radius 1 is 1.21 bits per heavy atom. The Kier molecular flexibility index (Phi) is 4.72. The van der Waals surface area contributed by atoms with Crippen LogP contribution in [-0.4, -0.2) is 21.5 Å². The second-order valence-corrected chi connectivity index (χ2v) is 7.80.